The van der Waals surface area contributed by atoms with Gasteiger partial charge in [0.25, 0.3) is 0 Å². The predicted octanol–water partition coefficient (Wildman–Crippen LogP) is 2.62. The zero-order valence-corrected chi connectivity index (χ0v) is 10.1. The summed E-state index contributed by atoms with van der Waals surface area (Å²) in [5.74, 6) is 1.31. The van der Waals surface area contributed by atoms with Crippen molar-refractivity contribution < 1.29 is 4.74 Å². The van der Waals surface area contributed by atoms with Gasteiger partial charge in [0.05, 0.1) is 0 Å². The Balaban J connectivity index is 2.09. The number of nitrogens with one attached hydrogen (secondary N) is 1. The third kappa shape index (κ3) is 2.45. The van der Waals surface area contributed by atoms with E-state index in [1.807, 2.05) is 0 Å². The van der Waals surface area contributed by atoms with E-state index in [0.29, 0.717) is 17.9 Å². The molecule has 1 saturated heterocycles. The van der Waals surface area contributed by atoms with Gasteiger partial charge in [0.2, 0.25) is 0 Å². The van der Waals surface area contributed by atoms with Crippen molar-refractivity contribution in [2.75, 3.05) is 20.3 Å². The lowest BCUT2D eigenvalue weighted by Gasteiger charge is -2.25. The maximum Gasteiger partial charge on any atom is 0.0491 e. The van der Waals surface area contributed by atoms with Gasteiger partial charge in [-0.15, -0.1) is 0 Å². The number of benzene rings is 1. The minimum atomic E-state index is 0.506. The average molecular weight is 219 g/mol. The van der Waals surface area contributed by atoms with Crippen molar-refractivity contribution in [1.82, 2.24) is 5.32 Å². The molecule has 0 spiro atoms. The highest BCUT2D eigenvalue weighted by Gasteiger charge is 2.31. The highest BCUT2D eigenvalue weighted by molar-refractivity contribution is 5.21. The second-order valence-electron chi connectivity index (χ2n) is 4.73. The molecule has 1 aliphatic rings. The fourth-order valence-electron chi connectivity index (χ4n) is 2.75. The molecular weight excluding hydrogens is 198 g/mol. The minimum absolute atomic E-state index is 0.506. The van der Waals surface area contributed by atoms with Crippen LogP contribution >= 0.6 is 0 Å². The maximum absolute atomic E-state index is 5.27. The molecule has 1 fully saturated rings. The lowest BCUT2D eigenvalue weighted by Crippen LogP contribution is -2.24. The molecule has 1 aliphatic heterocycles. The molecule has 2 nitrogen and oxygen atoms in total. The molecule has 3 atom stereocenters. The molecule has 0 bridgehead atoms. The van der Waals surface area contributed by atoms with Crippen LogP contribution in [0.1, 0.15) is 24.9 Å². The topological polar surface area (TPSA) is 21.3 Å². The first kappa shape index (κ1) is 11.6. The Morgan fingerprint density at radius 1 is 1.38 bits per heavy atom. The summed E-state index contributed by atoms with van der Waals surface area (Å²) in [4.78, 5) is 0. The molecule has 0 amide bonds. The van der Waals surface area contributed by atoms with Gasteiger partial charge in [-0.05, 0) is 30.4 Å². The largest absolute Gasteiger partial charge is 0.384 e. The molecule has 0 aliphatic carbocycles. The molecule has 2 rings (SSSR count). The van der Waals surface area contributed by atoms with Crippen molar-refractivity contribution in [1.29, 1.82) is 0 Å². The Morgan fingerprint density at radius 3 is 2.81 bits per heavy atom. The number of ether oxygens (including phenoxy) is 1. The second-order valence-corrected chi connectivity index (χ2v) is 4.73. The summed E-state index contributed by atoms with van der Waals surface area (Å²) in [5.41, 5.74) is 1.41. The Hall–Kier alpha value is -0.860. The van der Waals surface area contributed by atoms with Crippen molar-refractivity contribution in [2.45, 2.75) is 19.4 Å². The highest BCUT2D eigenvalue weighted by atomic mass is 16.5. The van der Waals surface area contributed by atoms with Gasteiger partial charge in [-0.1, -0.05) is 37.3 Å². The van der Waals surface area contributed by atoms with Crippen LogP contribution in [-0.4, -0.2) is 20.3 Å². The van der Waals surface area contributed by atoms with Crippen molar-refractivity contribution in [3.05, 3.63) is 35.9 Å². The summed E-state index contributed by atoms with van der Waals surface area (Å²) in [7, 11) is 1.79. The summed E-state index contributed by atoms with van der Waals surface area (Å²) >= 11 is 0. The van der Waals surface area contributed by atoms with Gasteiger partial charge in [-0.2, -0.15) is 0 Å². The van der Waals surface area contributed by atoms with Crippen LogP contribution in [0.15, 0.2) is 30.3 Å². The molecular formula is C14H21NO. The normalized spacial score (nSPS) is 26.9. The first-order chi connectivity index (χ1) is 7.83. The zero-order valence-electron chi connectivity index (χ0n) is 10.1. The van der Waals surface area contributed by atoms with E-state index in [-0.39, 0.29) is 0 Å². The predicted molar refractivity (Wildman–Crippen MR) is 66.3 cm³/mol. The Kier molecular flexibility index (Phi) is 3.97. The fraction of sp³-hybridized carbons (Fsp3) is 0.571. The molecule has 1 heterocycles. The van der Waals surface area contributed by atoms with Crippen LogP contribution in [0.25, 0.3) is 0 Å². The summed E-state index contributed by atoms with van der Waals surface area (Å²) < 4.78 is 5.27. The van der Waals surface area contributed by atoms with Crippen molar-refractivity contribution >= 4 is 0 Å². The lowest BCUT2D eigenvalue weighted by atomic mass is 9.85. The number of hydrogen-bond acceptors (Lipinski definition) is 2. The van der Waals surface area contributed by atoms with E-state index in [9.17, 15) is 0 Å². The molecule has 0 radical (unpaired) electrons. The third-order valence-corrected chi connectivity index (χ3v) is 3.59. The van der Waals surface area contributed by atoms with Crippen LogP contribution in [0.5, 0.6) is 0 Å². The van der Waals surface area contributed by atoms with Gasteiger partial charge in [0.15, 0.2) is 0 Å². The first-order valence-corrected chi connectivity index (χ1v) is 6.10. The molecule has 1 N–H and O–H groups in total. The monoisotopic (exact) mass is 219 g/mol. The van der Waals surface area contributed by atoms with E-state index in [1.165, 1.54) is 12.0 Å². The first-order valence-electron chi connectivity index (χ1n) is 6.10. The van der Waals surface area contributed by atoms with Gasteiger partial charge >= 0.3 is 0 Å². The third-order valence-electron chi connectivity index (χ3n) is 3.59. The minimum Gasteiger partial charge on any atom is -0.384 e. The van der Waals surface area contributed by atoms with Gasteiger partial charge in [-0.3, -0.25) is 0 Å². The average Bonchev–Trinajstić information content (AvgIpc) is 2.79. The summed E-state index contributed by atoms with van der Waals surface area (Å²) in [6, 6.07) is 11.3. The molecule has 0 saturated carbocycles. The standard InChI is InChI=1S/C14H21NO/c1-11(10-16-2)13-8-9-15-14(13)12-6-4-3-5-7-12/h3-7,11,13-15H,8-10H2,1-2H3. The van der Waals surface area contributed by atoms with E-state index in [2.05, 4.69) is 42.6 Å². The fourth-order valence-corrected chi connectivity index (χ4v) is 2.75. The SMILES string of the molecule is COCC(C)C1CCNC1c1ccccc1. The molecule has 3 unspecified atom stereocenters. The van der Waals surface area contributed by atoms with E-state index in [4.69, 9.17) is 4.74 Å². The quantitative estimate of drug-likeness (QED) is 0.840. The van der Waals surface area contributed by atoms with Gasteiger partial charge in [0, 0.05) is 19.8 Å². The lowest BCUT2D eigenvalue weighted by molar-refractivity contribution is 0.124. The Labute approximate surface area is 98.0 Å². The van der Waals surface area contributed by atoms with Crippen molar-refractivity contribution in [2.24, 2.45) is 11.8 Å². The van der Waals surface area contributed by atoms with Crippen LogP contribution in [0, 0.1) is 11.8 Å². The van der Waals surface area contributed by atoms with Crippen molar-refractivity contribution in [3.63, 3.8) is 0 Å². The van der Waals surface area contributed by atoms with Gasteiger partial charge in [-0.25, -0.2) is 0 Å². The van der Waals surface area contributed by atoms with E-state index in [0.717, 1.165) is 13.2 Å². The van der Waals surface area contributed by atoms with Crippen LogP contribution in [-0.2, 0) is 4.74 Å². The zero-order chi connectivity index (χ0) is 11.4. The van der Waals surface area contributed by atoms with Crippen LogP contribution < -0.4 is 5.32 Å². The number of hydrogen-bond donors (Lipinski definition) is 1. The maximum atomic E-state index is 5.27. The molecule has 1 aromatic carbocycles. The van der Waals surface area contributed by atoms with Crippen LogP contribution in [0.4, 0.5) is 0 Å². The van der Waals surface area contributed by atoms with Crippen molar-refractivity contribution in [3.8, 4) is 0 Å². The van der Waals surface area contributed by atoms with Gasteiger partial charge in [0.1, 0.15) is 0 Å². The van der Waals surface area contributed by atoms with E-state index >= 15 is 0 Å². The van der Waals surface area contributed by atoms with E-state index in [1.54, 1.807) is 7.11 Å². The highest BCUT2D eigenvalue weighted by Crippen LogP contribution is 2.34. The molecule has 1 aromatic rings. The Bertz CT molecular complexity index is 312. The number of rotatable bonds is 4. The summed E-state index contributed by atoms with van der Waals surface area (Å²) in [6.07, 6.45) is 1.25. The number of methoxy groups -OCH3 is 1. The van der Waals surface area contributed by atoms with Crippen LogP contribution in [0.3, 0.4) is 0 Å². The molecule has 2 heteroatoms. The molecule has 88 valence electrons. The molecule has 16 heavy (non-hydrogen) atoms. The Morgan fingerprint density at radius 2 is 2.12 bits per heavy atom. The van der Waals surface area contributed by atoms with Crippen LogP contribution in [0.2, 0.25) is 0 Å². The van der Waals surface area contributed by atoms with E-state index < -0.39 is 0 Å². The second kappa shape index (κ2) is 5.46. The smallest absolute Gasteiger partial charge is 0.0491 e. The molecule has 0 aromatic heterocycles. The summed E-state index contributed by atoms with van der Waals surface area (Å²) in [5, 5.41) is 3.61. The summed E-state index contributed by atoms with van der Waals surface area (Å²) in [6.45, 7) is 4.27. The van der Waals surface area contributed by atoms with Gasteiger partial charge < -0.3 is 10.1 Å².